The number of rotatable bonds is 0. The highest BCUT2D eigenvalue weighted by atomic mass is 16.5. The highest BCUT2D eigenvalue weighted by Crippen LogP contribution is 1.61. The molecule has 0 atom stereocenters. The smallest absolute Gasteiger partial charge is 0.302 e. The maximum absolute atomic E-state index is 9.59. The van der Waals surface area contributed by atoms with E-state index in [4.69, 9.17) is 6.42 Å². The van der Waals surface area contributed by atoms with Gasteiger partial charge in [-0.1, -0.05) is 5.92 Å². The van der Waals surface area contributed by atoms with E-state index < -0.39 is 0 Å². The lowest BCUT2D eigenvalue weighted by atomic mass is 10.4. The van der Waals surface area contributed by atoms with E-state index in [2.05, 4.69) is 165 Å². The summed E-state index contributed by atoms with van der Waals surface area (Å²) in [6, 6.07) is 0. The molecule has 0 aliphatic heterocycles. The number of esters is 1. The molecule has 0 fully saturated rings. The predicted octanol–water partition coefficient (Wildman–Crippen LogP) is 0.863. The second kappa shape index (κ2) is 28.5. The Morgan fingerprint density at radius 2 is 0.647 bits per heavy atom. The van der Waals surface area contributed by atoms with Crippen LogP contribution in [0.1, 0.15) is 13.8 Å². The normalized spacial score (nSPS) is 4.29. The van der Waals surface area contributed by atoms with E-state index in [-0.39, 0.29) is 5.97 Å². The molecule has 0 spiro atoms. The van der Waals surface area contributed by atoms with Gasteiger partial charge in [0.1, 0.15) is 0 Å². The van der Waals surface area contributed by atoms with Gasteiger partial charge in [-0.25, -0.2) is 0 Å². The quantitative estimate of drug-likeness (QED) is 0.425. The molecule has 0 unspecified atom stereocenters. The SMILES string of the molecule is C#CC#CC#CC#CC#CC#CC#CC#CC#CC#CC#CC#CC#CC#CC.COC(C)=O. The highest BCUT2D eigenvalue weighted by molar-refractivity contribution is 5.65. The molecule has 0 aromatic carbocycles. The van der Waals surface area contributed by atoms with Crippen LogP contribution < -0.4 is 0 Å². The number of ether oxygens (including phenoxy) is 1. The molecule has 0 aromatic rings. The first-order chi connectivity index (χ1) is 16.7. The van der Waals surface area contributed by atoms with Crippen LogP contribution >= 0.6 is 0 Å². The summed E-state index contributed by atoms with van der Waals surface area (Å²) in [6.07, 6.45) is 4.92. The van der Waals surface area contributed by atoms with Gasteiger partial charge in [-0.3, -0.25) is 4.79 Å². The molecular weight excluding hydrogens is 416 g/mol. The molecule has 2 heteroatoms. The van der Waals surface area contributed by atoms with Crippen molar-refractivity contribution in [2.75, 3.05) is 7.11 Å². The minimum absolute atomic E-state index is 0.245. The van der Waals surface area contributed by atoms with Crippen LogP contribution in [0.2, 0.25) is 0 Å². The Labute approximate surface area is 202 Å². The lowest BCUT2D eigenvalue weighted by molar-refractivity contribution is -0.137. The first-order valence-electron chi connectivity index (χ1n) is 8.61. The van der Waals surface area contributed by atoms with Crippen LogP contribution in [-0.4, -0.2) is 13.1 Å². The third-order valence-corrected chi connectivity index (χ3v) is 1.98. The van der Waals surface area contributed by atoms with Gasteiger partial charge in [0, 0.05) is 66.1 Å². The predicted molar refractivity (Wildman–Crippen MR) is 133 cm³/mol. The standard InChI is InChI=1S/C29H4.C3H6O2/c1-3-5-7-9-11-13-15-17-19-21-23-25-27-29-28-26-24-22-20-18-16-14-12-10-8-6-4-2;1-3(4)5-2/h1H,2H3;1-2H3. The van der Waals surface area contributed by atoms with Gasteiger partial charge in [-0.2, -0.15) is 0 Å². The molecule has 34 heavy (non-hydrogen) atoms. The van der Waals surface area contributed by atoms with Crippen molar-refractivity contribution in [1.29, 1.82) is 0 Å². The average Bonchev–Trinajstić information content (AvgIpc) is 2.84. The van der Waals surface area contributed by atoms with Gasteiger partial charge >= 0.3 is 5.97 Å². The maximum atomic E-state index is 9.59. The summed E-state index contributed by atoms with van der Waals surface area (Å²) in [5.74, 6) is 66.6. The second-order valence-electron chi connectivity index (χ2n) is 4.22. The van der Waals surface area contributed by atoms with E-state index >= 15 is 0 Å². The van der Waals surface area contributed by atoms with Gasteiger partial charge in [0.15, 0.2) is 0 Å². The van der Waals surface area contributed by atoms with Crippen LogP contribution in [0.25, 0.3) is 0 Å². The summed E-state index contributed by atoms with van der Waals surface area (Å²) in [5, 5.41) is 0. The lowest BCUT2D eigenvalue weighted by Gasteiger charge is -1.80. The first-order valence-corrected chi connectivity index (χ1v) is 8.61. The van der Waals surface area contributed by atoms with Crippen LogP contribution in [0.4, 0.5) is 0 Å². The van der Waals surface area contributed by atoms with Crippen molar-refractivity contribution < 1.29 is 9.53 Å². The zero-order valence-corrected chi connectivity index (χ0v) is 18.4. The minimum atomic E-state index is -0.245. The average molecular weight is 426 g/mol. The number of hydrogen-bond acceptors (Lipinski definition) is 2. The third-order valence-electron chi connectivity index (χ3n) is 1.98. The molecule has 150 valence electrons. The Morgan fingerprint density at radius 3 is 0.794 bits per heavy atom. The van der Waals surface area contributed by atoms with Gasteiger partial charge in [0.25, 0.3) is 0 Å². The Kier molecular flexibility index (Phi) is 24.8. The van der Waals surface area contributed by atoms with Crippen molar-refractivity contribution in [3.63, 3.8) is 0 Å². The van der Waals surface area contributed by atoms with E-state index in [0.29, 0.717) is 0 Å². The molecule has 0 bridgehead atoms. The summed E-state index contributed by atoms with van der Waals surface area (Å²) < 4.78 is 4.11. The van der Waals surface area contributed by atoms with E-state index in [0.717, 1.165) is 0 Å². The molecular formula is C32H10O2. The van der Waals surface area contributed by atoms with Crippen molar-refractivity contribution in [2.45, 2.75) is 13.8 Å². The second-order valence-corrected chi connectivity index (χ2v) is 4.22. The van der Waals surface area contributed by atoms with Crippen LogP contribution in [0, 0.1) is 166 Å². The van der Waals surface area contributed by atoms with Gasteiger partial charge < -0.3 is 4.74 Å². The monoisotopic (exact) mass is 426 g/mol. The Balaban J connectivity index is 0. The molecule has 0 rings (SSSR count). The summed E-state index contributed by atoms with van der Waals surface area (Å²) in [5.41, 5.74) is 0. The number of methoxy groups -OCH3 is 1. The van der Waals surface area contributed by atoms with E-state index in [1.165, 1.54) is 14.0 Å². The molecule has 0 amide bonds. The molecule has 0 aliphatic rings. The summed E-state index contributed by atoms with van der Waals surface area (Å²) in [4.78, 5) is 9.59. The summed E-state index contributed by atoms with van der Waals surface area (Å²) in [6.45, 7) is 3.05. The summed E-state index contributed by atoms with van der Waals surface area (Å²) in [7, 11) is 1.35. The topological polar surface area (TPSA) is 26.3 Å². The third kappa shape index (κ3) is 32.9. The largest absolute Gasteiger partial charge is 0.469 e. The first kappa shape index (κ1) is 29.5. The zero-order valence-electron chi connectivity index (χ0n) is 18.4. The fourth-order valence-electron chi connectivity index (χ4n) is 0.817. The van der Waals surface area contributed by atoms with Gasteiger partial charge in [0.2, 0.25) is 0 Å². The van der Waals surface area contributed by atoms with Gasteiger partial charge in [0.05, 0.1) is 7.11 Å². The van der Waals surface area contributed by atoms with Gasteiger partial charge in [-0.15, -0.1) is 6.42 Å². The van der Waals surface area contributed by atoms with Crippen LogP contribution in [0.3, 0.4) is 0 Å². The molecule has 0 heterocycles. The van der Waals surface area contributed by atoms with Crippen LogP contribution in [0.15, 0.2) is 0 Å². The van der Waals surface area contributed by atoms with Crippen molar-refractivity contribution in [3.8, 4) is 166 Å². The minimum Gasteiger partial charge on any atom is -0.469 e. The van der Waals surface area contributed by atoms with Crippen molar-refractivity contribution in [3.05, 3.63) is 0 Å². The number of carbonyl (C=O) groups excluding carboxylic acids is 1. The van der Waals surface area contributed by atoms with Crippen LogP contribution in [0.5, 0.6) is 0 Å². The lowest BCUT2D eigenvalue weighted by Crippen LogP contribution is -1.88. The van der Waals surface area contributed by atoms with Crippen LogP contribution in [-0.2, 0) is 9.53 Å². The van der Waals surface area contributed by atoms with Gasteiger partial charge in [-0.05, 0) is 102 Å². The Morgan fingerprint density at radius 1 is 0.471 bits per heavy atom. The number of terminal acetylenes is 1. The number of hydrogen-bond donors (Lipinski definition) is 0. The molecule has 0 saturated carbocycles. The fourth-order valence-corrected chi connectivity index (χ4v) is 0.817. The highest BCUT2D eigenvalue weighted by Gasteiger charge is 1.75. The zero-order chi connectivity index (χ0) is 25.4. The van der Waals surface area contributed by atoms with Crippen molar-refractivity contribution >= 4 is 5.97 Å². The molecule has 0 N–H and O–H groups in total. The van der Waals surface area contributed by atoms with Crippen molar-refractivity contribution in [2.24, 2.45) is 0 Å². The number of carbonyl (C=O) groups is 1. The Bertz CT molecular complexity index is 1640. The molecule has 2 nitrogen and oxygen atoms in total. The maximum Gasteiger partial charge on any atom is 0.302 e. The van der Waals surface area contributed by atoms with E-state index in [1.54, 1.807) is 6.92 Å². The van der Waals surface area contributed by atoms with E-state index in [9.17, 15) is 4.79 Å². The molecule has 0 saturated heterocycles. The summed E-state index contributed by atoms with van der Waals surface area (Å²) >= 11 is 0. The fraction of sp³-hybridized carbons (Fsp3) is 0.0938. The molecule has 0 aromatic heterocycles. The molecule has 0 radical (unpaired) electrons. The molecule has 0 aliphatic carbocycles. The Hall–Kier alpha value is -6.69. The van der Waals surface area contributed by atoms with E-state index in [1.807, 2.05) is 0 Å². The van der Waals surface area contributed by atoms with Crippen molar-refractivity contribution in [1.82, 2.24) is 0 Å².